The summed E-state index contributed by atoms with van der Waals surface area (Å²) in [5.41, 5.74) is 5.92. The summed E-state index contributed by atoms with van der Waals surface area (Å²) in [5.74, 6) is 1.85. The fourth-order valence-electron chi connectivity index (χ4n) is 4.97. The number of benzene rings is 2. The molecule has 1 aliphatic heterocycles. The highest BCUT2D eigenvalue weighted by Gasteiger charge is 2.50. The van der Waals surface area contributed by atoms with Gasteiger partial charge in [-0.05, 0) is 79.5 Å². The van der Waals surface area contributed by atoms with Gasteiger partial charge in [-0.1, -0.05) is 12.1 Å². The number of hydrogen-bond donors (Lipinski definition) is 1. The van der Waals surface area contributed by atoms with Crippen LogP contribution in [0.4, 0.5) is 0 Å². The molecule has 1 saturated carbocycles. The van der Waals surface area contributed by atoms with E-state index in [4.69, 9.17) is 9.47 Å². The molecule has 3 aliphatic rings. The van der Waals surface area contributed by atoms with Crippen molar-refractivity contribution in [1.29, 1.82) is 0 Å². The zero-order valence-electron chi connectivity index (χ0n) is 15.8. The van der Waals surface area contributed by atoms with Crippen LogP contribution in [0.5, 0.6) is 11.5 Å². The maximum Gasteiger partial charge on any atom is 0.231 e. The van der Waals surface area contributed by atoms with Crippen molar-refractivity contribution in [2.24, 2.45) is 0 Å². The molecule has 3 aromatic rings. The Balaban J connectivity index is 1.30. The van der Waals surface area contributed by atoms with Gasteiger partial charge in [-0.2, -0.15) is 0 Å². The van der Waals surface area contributed by atoms with Gasteiger partial charge in [0.1, 0.15) is 5.78 Å². The first-order valence-electron chi connectivity index (χ1n) is 10.3. The van der Waals surface area contributed by atoms with Gasteiger partial charge in [-0.15, -0.1) is 0 Å². The van der Waals surface area contributed by atoms with E-state index >= 15 is 0 Å². The molecule has 1 aromatic heterocycles. The highest BCUT2D eigenvalue weighted by atomic mass is 16.7. The first-order chi connectivity index (χ1) is 13.7. The van der Waals surface area contributed by atoms with Crippen molar-refractivity contribution in [3.63, 3.8) is 0 Å². The van der Waals surface area contributed by atoms with Crippen LogP contribution in [-0.2, 0) is 29.5 Å². The molecule has 2 aliphatic carbocycles. The van der Waals surface area contributed by atoms with Gasteiger partial charge in [-0.25, -0.2) is 0 Å². The van der Waals surface area contributed by atoms with Crippen molar-refractivity contribution in [2.45, 2.75) is 50.4 Å². The SMILES string of the molecule is O=C(Cc1ccc2[nH]c3c(c2c1)CCCC3)C1(c2ccc3c(c2)OCO3)CC1. The third-order valence-corrected chi connectivity index (χ3v) is 6.74. The Labute approximate surface area is 163 Å². The molecular formula is C24H23NO3. The minimum absolute atomic E-state index is 0.265. The van der Waals surface area contributed by atoms with Crippen molar-refractivity contribution in [1.82, 2.24) is 4.98 Å². The molecule has 4 heteroatoms. The van der Waals surface area contributed by atoms with Crippen molar-refractivity contribution in [3.8, 4) is 11.5 Å². The monoisotopic (exact) mass is 373 g/mol. The molecule has 0 atom stereocenters. The molecule has 0 bridgehead atoms. The number of aromatic nitrogens is 1. The lowest BCUT2D eigenvalue weighted by atomic mass is 9.87. The quantitative estimate of drug-likeness (QED) is 0.726. The van der Waals surface area contributed by atoms with Gasteiger partial charge in [0.2, 0.25) is 6.79 Å². The van der Waals surface area contributed by atoms with E-state index in [-0.39, 0.29) is 12.2 Å². The predicted octanol–water partition coefficient (Wildman–Crippen LogP) is 4.62. The summed E-state index contributed by atoms with van der Waals surface area (Å²) < 4.78 is 10.9. The predicted molar refractivity (Wildman–Crippen MR) is 107 cm³/mol. The molecule has 142 valence electrons. The van der Waals surface area contributed by atoms with Crippen molar-refractivity contribution in [2.75, 3.05) is 6.79 Å². The summed E-state index contributed by atoms with van der Waals surface area (Å²) in [4.78, 5) is 16.9. The molecular weight excluding hydrogens is 350 g/mol. The summed E-state index contributed by atoms with van der Waals surface area (Å²) in [7, 11) is 0. The molecule has 6 rings (SSSR count). The van der Waals surface area contributed by atoms with E-state index in [0.29, 0.717) is 12.2 Å². The summed E-state index contributed by atoms with van der Waals surface area (Å²) in [6.07, 6.45) is 7.16. The zero-order valence-corrected chi connectivity index (χ0v) is 15.8. The molecule has 0 radical (unpaired) electrons. The number of carbonyl (C=O) groups excluding carboxylic acids is 1. The van der Waals surface area contributed by atoms with Crippen LogP contribution < -0.4 is 9.47 Å². The van der Waals surface area contributed by atoms with Gasteiger partial charge >= 0.3 is 0 Å². The van der Waals surface area contributed by atoms with E-state index in [1.54, 1.807) is 0 Å². The Bertz CT molecular complexity index is 1110. The van der Waals surface area contributed by atoms with Crippen LogP contribution in [0.2, 0.25) is 0 Å². The fraction of sp³-hybridized carbons (Fsp3) is 0.375. The number of nitrogens with one attached hydrogen (secondary N) is 1. The first-order valence-corrected chi connectivity index (χ1v) is 10.3. The molecule has 0 amide bonds. The number of rotatable bonds is 4. The maximum absolute atomic E-state index is 13.3. The summed E-state index contributed by atoms with van der Waals surface area (Å²) in [6.45, 7) is 0.265. The maximum atomic E-state index is 13.3. The number of aromatic amines is 1. The van der Waals surface area contributed by atoms with E-state index in [9.17, 15) is 4.79 Å². The number of hydrogen-bond acceptors (Lipinski definition) is 3. The highest BCUT2D eigenvalue weighted by Crippen LogP contribution is 2.51. The minimum atomic E-state index is -0.340. The van der Waals surface area contributed by atoms with Crippen LogP contribution in [0.3, 0.4) is 0 Å². The fourth-order valence-corrected chi connectivity index (χ4v) is 4.97. The Hall–Kier alpha value is -2.75. The number of aryl methyl sites for hydroxylation is 2. The Morgan fingerprint density at radius 2 is 1.86 bits per heavy atom. The number of carbonyl (C=O) groups is 1. The van der Waals surface area contributed by atoms with E-state index in [2.05, 4.69) is 23.2 Å². The molecule has 0 unspecified atom stereocenters. The van der Waals surface area contributed by atoms with Gasteiger partial charge in [0, 0.05) is 23.0 Å². The van der Waals surface area contributed by atoms with Crippen molar-refractivity contribution < 1.29 is 14.3 Å². The average molecular weight is 373 g/mol. The number of Topliss-reactive ketones (excluding diaryl/α,β-unsaturated/α-hetero) is 1. The van der Waals surface area contributed by atoms with E-state index in [1.807, 2.05) is 18.2 Å². The third-order valence-electron chi connectivity index (χ3n) is 6.74. The molecule has 28 heavy (non-hydrogen) atoms. The van der Waals surface area contributed by atoms with Crippen LogP contribution in [0.15, 0.2) is 36.4 Å². The normalized spacial score (nSPS) is 18.9. The topological polar surface area (TPSA) is 51.3 Å². The van der Waals surface area contributed by atoms with Gasteiger partial charge in [0.25, 0.3) is 0 Å². The molecule has 0 spiro atoms. The van der Waals surface area contributed by atoms with Gasteiger partial charge < -0.3 is 14.5 Å². The summed E-state index contributed by atoms with van der Waals surface area (Å²) in [5, 5.41) is 1.31. The molecule has 1 fully saturated rings. The molecule has 2 aromatic carbocycles. The molecule has 1 N–H and O–H groups in total. The molecule has 0 saturated heterocycles. The number of ketones is 1. The van der Waals surface area contributed by atoms with Gasteiger partial charge in [-0.3, -0.25) is 4.79 Å². The number of fused-ring (bicyclic) bond motifs is 4. The summed E-state index contributed by atoms with van der Waals surface area (Å²) >= 11 is 0. The van der Waals surface area contributed by atoms with Crippen LogP contribution in [0, 0.1) is 0 Å². The Morgan fingerprint density at radius 1 is 1.00 bits per heavy atom. The standard InChI is InChI=1S/C24H23NO3/c26-23(24(9-10-24)16-6-8-21-22(13-16)28-14-27-21)12-15-5-7-20-18(11-15)17-3-1-2-4-19(17)25-20/h5-8,11,13,25H,1-4,9-10,12,14H2. The number of ether oxygens (including phenoxy) is 2. The van der Waals surface area contributed by atoms with E-state index in [0.717, 1.165) is 48.3 Å². The van der Waals surface area contributed by atoms with Crippen molar-refractivity contribution in [3.05, 3.63) is 58.8 Å². The second-order valence-electron chi connectivity index (χ2n) is 8.42. The largest absolute Gasteiger partial charge is 0.454 e. The Kier molecular flexibility index (Phi) is 3.40. The average Bonchev–Trinajstić information content (AvgIpc) is 3.26. The van der Waals surface area contributed by atoms with Gasteiger partial charge in [0.15, 0.2) is 11.5 Å². The van der Waals surface area contributed by atoms with Crippen LogP contribution in [-0.4, -0.2) is 17.6 Å². The lowest BCUT2D eigenvalue weighted by Crippen LogP contribution is -2.22. The minimum Gasteiger partial charge on any atom is -0.454 e. The summed E-state index contributed by atoms with van der Waals surface area (Å²) in [6, 6.07) is 12.5. The van der Waals surface area contributed by atoms with Crippen molar-refractivity contribution >= 4 is 16.7 Å². The van der Waals surface area contributed by atoms with Crippen LogP contribution in [0.1, 0.15) is 48.1 Å². The smallest absolute Gasteiger partial charge is 0.231 e. The molecule has 4 nitrogen and oxygen atoms in total. The zero-order chi connectivity index (χ0) is 18.7. The lowest BCUT2D eigenvalue weighted by molar-refractivity contribution is -0.120. The van der Waals surface area contributed by atoms with Crippen LogP contribution in [0.25, 0.3) is 10.9 Å². The highest BCUT2D eigenvalue weighted by molar-refractivity contribution is 5.95. The second-order valence-corrected chi connectivity index (χ2v) is 8.42. The molecule has 2 heterocycles. The third kappa shape index (κ3) is 2.40. The second kappa shape index (κ2) is 5.87. The lowest BCUT2D eigenvalue weighted by Gasteiger charge is -2.15. The van der Waals surface area contributed by atoms with Gasteiger partial charge in [0.05, 0.1) is 5.41 Å². The van der Waals surface area contributed by atoms with Crippen LogP contribution >= 0.6 is 0 Å². The number of H-pyrrole nitrogens is 1. The first kappa shape index (κ1) is 16.2. The van der Waals surface area contributed by atoms with E-state index < -0.39 is 0 Å². The van der Waals surface area contributed by atoms with E-state index in [1.165, 1.54) is 35.0 Å². The Morgan fingerprint density at radius 3 is 2.75 bits per heavy atom.